The Balaban J connectivity index is 1.90. The molecule has 0 aliphatic heterocycles. The van der Waals surface area contributed by atoms with E-state index >= 15 is 0 Å². The second-order valence-corrected chi connectivity index (χ2v) is 5.23. The Morgan fingerprint density at radius 1 is 1.21 bits per heavy atom. The van der Waals surface area contributed by atoms with Crippen LogP contribution < -0.4 is 5.32 Å². The summed E-state index contributed by atoms with van der Waals surface area (Å²) in [6.07, 6.45) is 3.15. The lowest BCUT2D eigenvalue weighted by atomic mass is 10.2. The SMILES string of the molecule is O=C(Nc1nc2c(Cl)cccc2s1)c1ccncc1. The number of thiazole rings is 1. The van der Waals surface area contributed by atoms with Crippen molar-refractivity contribution in [1.29, 1.82) is 0 Å². The quantitative estimate of drug-likeness (QED) is 0.784. The number of aromatic nitrogens is 2. The minimum absolute atomic E-state index is 0.211. The number of amides is 1. The van der Waals surface area contributed by atoms with Gasteiger partial charge < -0.3 is 0 Å². The molecule has 1 N–H and O–H groups in total. The van der Waals surface area contributed by atoms with Gasteiger partial charge in [-0.3, -0.25) is 15.1 Å². The molecule has 1 amide bonds. The molecule has 6 heteroatoms. The van der Waals surface area contributed by atoms with Crippen LogP contribution in [0.3, 0.4) is 0 Å². The van der Waals surface area contributed by atoms with E-state index in [-0.39, 0.29) is 5.91 Å². The van der Waals surface area contributed by atoms with Crippen LogP contribution in [0.25, 0.3) is 10.2 Å². The van der Waals surface area contributed by atoms with E-state index in [9.17, 15) is 4.79 Å². The van der Waals surface area contributed by atoms with Crippen LogP contribution in [0.4, 0.5) is 5.13 Å². The first-order chi connectivity index (χ1) is 9.24. The van der Waals surface area contributed by atoms with Crippen molar-refractivity contribution in [2.45, 2.75) is 0 Å². The molecule has 0 aliphatic rings. The van der Waals surface area contributed by atoms with Crippen LogP contribution >= 0.6 is 22.9 Å². The van der Waals surface area contributed by atoms with Gasteiger partial charge in [-0.25, -0.2) is 4.98 Å². The van der Waals surface area contributed by atoms with E-state index in [1.807, 2.05) is 12.1 Å². The van der Waals surface area contributed by atoms with Gasteiger partial charge in [0, 0.05) is 18.0 Å². The number of hydrogen-bond acceptors (Lipinski definition) is 4. The van der Waals surface area contributed by atoms with E-state index in [1.54, 1.807) is 30.6 Å². The van der Waals surface area contributed by atoms with Crippen molar-refractivity contribution >= 4 is 44.2 Å². The van der Waals surface area contributed by atoms with E-state index in [2.05, 4.69) is 15.3 Å². The average molecular weight is 290 g/mol. The lowest BCUT2D eigenvalue weighted by Gasteiger charge is -1.99. The maximum Gasteiger partial charge on any atom is 0.257 e. The van der Waals surface area contributed by atoms with Crippen molar-refractivity contribution in [2.75, 3.05) is 5.32 Å². The predicted octanol–water partition coefficient (Wildman–Crippen LogP) is 3.60. The smallest absolute Gasteiger partial charge is 0.257 e. The summed E-state index contributed by atoms with van der Waals surface area (Å²) in [5, 5.41) is 3.87. The largest absolute Gasteiger partial charge is 0.298 e. The molecule has 94 valence electrons. The number of benzene rings is 1. The third-order valence-electron chi connectivity index (χ3n) is 2.53. The summed E-state index contributed by atoms with van der Waals surface area (Å²) in [5.74, 6) is -0.211. The van der Waals surface area contributed by atoms with Crippen LogP contribution in [-0.4, -0.2) is 15.9 Å². The fraction of sp³-hybridized carbons (Fsp3) is 0. The van der Waals surface area contributed by atoms with Crippen LogP contribution in [0.5, 0.6) is 0 Å². The topological polar surface area (TPSA) is 54.9 Å². The molecule has 0 atom stereocenters. The van der Waals surface area contributed by atoms with Gasteiger partial charge in [-0.1, -0.05) is 29.0 Å². The van der Waals surface area contributed by atoms with Gasteiger partial charge in [0.1, 0.15) is 5.52 Å². The van der Waals surface area contributed by atoms with Gasteiger partial charge >= 0.3 is 0 Å². The number of carbonyl (C=O) groups excluding carboxylic acids is 1. The highest BCUT2D eigenvalue weighted by Gasteiger charge is 2.10. The van der Waals surface area contributed by atoms with Crippen molar-refractivity contribution in [1.82, 2.24) is 9.97 Å². The Kier molecular flexibility index (Phi) is 3.15. The first-order valence-corrected chi connectivity index (χ1v) is 6.70. The van der Waals surface area contributed by atoms with Crippen LogP contribution in [0.1, 0.15) is 10.4 Å². The summed E-state index contributed by atoms with van der Waals surface area (Å²) in [6.45, 7) is 0. The first-order valence-electron chi connectivity index (χ1n) is 5.50. The molecule has 4 nitrogen and oxygen atoms in total. The highest BCUT2D eigenvalue weighted by Crippen LogP contribution is 2.30. The number of rotatable bonds is 2. The van der Waals surface area contributed by atoms with E-state index in [0.29, 0.717) is 21.2 Å². The molecular weight excluding hydrogens is 282 g/mol. The van der Waals surface area contributed by atoms with Crippen molar-refractivity contribution in [2.24, 2.45) is 0 Å². The van der Waals surface area contributed by atoms with Crippen LogP contribution in [0.15, 0.2) is 42.7 Å². The molecule has 0 saturated heterocycles. The molecule has 0 fully saturated rings. The third-order valence-corrected chi connectivity index (χ3v) is 3.77. The van der Waals surface area contributed by atoms with Gasteiger partial charge in [0.05, 0.1) is 9.72 Å². The van der Waals surface area contributed by atoms with Crippen LogP contribution in [0, 0.1) is 0 Å². The number of halogens is 1. The molecule has 0 saturated carbocycles. The Bertz CT molecular complexity index is 742. The molecule has 0 aliphatic carbocycles. The van der Waals surface area contributed by atoms with Gasteiger partial charge in [0.25, 0.3) is 5.91 Å². The highest BCUT2D eigenvalue weighted by molar-refractivity contribution is 7.22. The van der Waals surface area contributed by atoms with Gasteiger partial charge in [-0.15, -0.1) is 0 Å². The number of anilines is 1. The maximum absolute atomic E-state index is 12.0. The Morgan fingerprint density at radius 3 is 2.74 bits per heavy atom. The molecule has 19 heavy (non-hydrogen) atoms. The van der Waals surface area contributed by atoms with Gasteiger partial charge in [0.2, 0.25) is 0 Å². The van der Waals surface area contributed by atoms with E-state index in [4.69, 9.17) is 11.6 Å². The number of nitrogens with zero attached hydrogens (tertiary/aromatic N) is 2. The molecule has 1 aromatic carbocycles. The summed E-state index contributed by atoms with van der Waals surface area (Å²) in [5.41, 5.74) is 1.25. The molecule has 2 aromatic heterocycles. The normalized spacial score (nSPS) is 10.6. The Hall–Kier alpha value is -1.98. The van der Waals surface area contributed by atoms with Crippen molar-refractivity contribution in [3.63, 3.8) is 0 Å². The van der Waals surface area contributed by atoms with Crippen molar-refractivity contribution in [3.05, 3.63) is 53.3 Å². The number of hydrogen-bond donors (Lipinski definition) is 1. The van der Waals surface area contributed by atoms with Crippen LogP contribution in [0.2, 0.25) is 5.02 Å². The second-order valence-electron chi connectivity index (χ2n) is 3.80. The predicted molar refractivity (Wildman–Crippen MR) is 76.8 cm³/mol. The zero-order valence-corrected chi connectivity index (χ0v) is 11.2. The first kappa shape index (κ1) is 12.1. The molecule has 2 heterocycles. The number of carbonyl (C=O) groups is 1. The summed E-state index contributed by atoms with van der Waals surface area (Å²) < 4.78 is 0.942. The molecule has 0 unspecified atom stereocenters. The maximum atomic E-state index is 12.0. The summed E-state index contributed by atoms with van der Waals surface area (Å²) >= 11 is 7.44. The zero-order chi connectivity index (χ0) is 13.2. The number of para-hydroxylation sites is 1. The fourth-order valence-electron chi connectivity index (χ4n) is 1.64. The summed E-state index contributed by atoms with van der Waals surface area (Å²) in [7, 11) is 0. The Labute approximate surface area is 118 Å². The molecule has 3 rings (SSSR count). The number of pyridine rings is 1. The van der Waals surface area contributed by atoms with Crippen LogP contribution in [-0.2, 0) is 0 Å². The fourth-order valence-corrected chi connectivity index (χ4v) is 2.80. The van der Waals surface area contributed by atoms with E-state index in [0.717, 1.165) is 4.70 Å². The average Bonchev–Trinajstić information content (AvgIpc) is 2.84. The molecule has 0 bridgehead atoms. The molecule has 3 aromatic rings. The zero-order valence-electron chi connectivity index (χ0n) is 9.63. The molecule has 0 spiro atoms. The lowest BCUT2D eigenvalue weighted by molar-refractivity contribution is 0.102. The van der Waals surface area contributed by atoms with Crippen molar-refractivity contribution < 1.29 is 4.79 Å². The van der Waals surface area contributed by atoms with Gasteiger partial charge in [0.15, 0.2) is 5.13 Å². The second kappa shape index (κ2) is 4.95. The van der Waals surface area contributed by atoms with E-state index in [1.165, 1.54) is 11.3 Å². The number of fused-ring (bicyclic) bond motifs is 1. The molecule has 0 radical (unpaired) electrons. The summed E-state index contributed by atoms with van der Waals surface area (Å²) in [4.78, 5) is 20.2. The Morgan fingerprint density at radius 2 is 2.00 bits per heavy atom. The number of nitrogens with one attached hydrogen (secondary N) is 1. The van der Waals surface area contributed by atoms with Gasteiger partial charge in [-0.05, 0) is 24.3 Å². The minimum atomic E-state index is -0.211. The van der Waals surface area contributed by atoms with Gasteiger partial charge in [-0.2, -0.15) is 0 Å². The molecular formula is C13H8ClN3OS. The monoisotopic (exact) mass is 289 g/mol. The van der Waals surface area contributed by atoms with E-state index < -0.39 is 0 Å². The summed E-state index contributed by atoms with van der Waals surface area (Å²) in [6, 6.07) is 8.85. The van der Waals surface area contributed by atoms with Crippen molar-refractivity contribution in [3.8, 4) is 0 Å². The standard InChI is InChI=1S/C13H8ClN3OS/c14-9-2-1-3-10-11(9)16-13(19-10)17-12(18)8-4-6-15-7-5-8/h1-7H,(H,16,17,18). The highest BCUT2D eigenvalue weighted by atomic mass is 35.5. The minimum Gasteiger partial charge on any atom is -0.298 e. The lowest BCUT2D eigenvalue weighted by Crippen LogP contribution is -2.11. The third kappa shape index (κ3) is 2.43.